The lowest BCUT2D eigenvalue weighted by atomic mass is 9.82. The molecular formula is C17H26O7. The second kappa shape index (κ2) is 10.7. The molecule has 0 amide bonds. The van der Waals surface area contributed by atoms with Gasteiger partial charge in [0, 0.05) is 5.92 Å². The maximum Gasteiger partial charge on any atom is 0.316 e. The van der Waals surface area contributed by atoms with E-state index < -0.39 is 41.3 Å². The van der Waals surface area contributed by atoms with Gasteiger partial charge in [0.15, 0.2) is 0 Å². The molecule has 0 bridgehead atoms. The van der Waals surface area contributed by atoms with Crippen molar-refractivity contribution in [2.24, 2.45) is 17.8 Å². The largest absolute Gasteiger partial charge is 0.465 e. The molecule has 0 aromatic rings. The molecule has 24 heavy (non-hydrogen) atoms. The Morgan fingerprint density at radius 3 is 1.21 bits per heavy atom. The van der Waals surface area contributed by atoms with Crippen molar-refractivity contribution >= 4 is 29.3 Å². The van der Waals surface area contributed by atoms with Gasteiger partial charge >= 0.3 is 11.9 Å². The summed E-state index contributed by atoms with van der Waals surface area (Å²) >= 11 is 0. The Hall–Kier alpha value is -2.05. The van der Waals surface area contributed by atoms with Gasteiger partial charge in [0.1, 0.15) is 29.2 Å². The van der Waals surface area contributed by atoms with Crippen molar-refractivity contribution in [3.05, 3.63) is 0 Å². The number of hydrogen-bond donors (Lipinski definition) is 0. The summed E-state index contributed by atoms with van der Waals surface area (Å²) in [6, 6.07) is 0. The van der Waals surface area contributed by atoms with E-state index in [1.807, 2.05) is 0 Å². The summed E-state index contributed by atoms with van der Waals surface area (Å²) in [4.78, 5) is 59.1. The fourth-order valence-electron chi connectivity index (χ4n) is 2.34. The van der Waals surface area contributed by atoms with Crippen LogP contribution in [0.15, 0.2) is 0 Å². The Morgan fingerprint density at radius 1 is 0.667 bits per heavy atom. The summed E-state index contributed by atoms with van der Waals surface area (Å²) in [6.45, 7) is 7.25. The number of rotatable bonds is 11. The van der Waals surface area contributed by atoms with Crippen molar-refractivity contribution in [2.75, 3.05) is 13.2 Å². The van der Waals surface area contributed by atoms with Crippen LogP contribution in [0.4, 0.5) is 0 Å². The normalized spacial score (nSPS) is 14.2. The Labute approximate surface area is 142 Å². The van der Waals surface area contributed by atoms with Crippen molar-refractivity contribution in [2.45, 2.75) is 47.5 Å². The van der Waals surface area contributed by atoms with Crippen LogP contribution in [0.3, 0.4) is 0 Å². The fourth-order valence-corrected chi connectivity index (χ4v) is 2.34. The number of ketones is 3. The molecule has 0 rings (SSSR count). The minimum absolute atomic E-state index is 0.0906. The van der Waals surface area contributed by atoms with Gasteiger partial charge in [0.05, 0.1) is 13.2 Å². The van der Waals surface area contributed by atoms with Crippen LogP contribution in [-0.4, -0.2) is 42.5 Å². The Bertz CT molecular complexity index is 457. The molecule has 7 nitrogen and oxygen atoms in total. The van der Waals surface area contributed by atoms with Crippen LogP contribution in [0.2, 0.25) is 0 Å². The molecule has 0 aliphatic carbocycles. The van der Waals surface area contributed by atoms with E-state index in [9.17, 15) is 24.0 Å². The SMILES string of the molecule is CCOC(=O)C(CC(CC(C(C)=O)C(=O)OCC)C(C)=O)C(C)=O. The lowest BCUT2D eigenvalue weighted by molar-refractivity contribution is -0.152. The summed E-state index contributed by atoms with van der Waals surface area (Å²) in [6.07, 6.45) is -0.181. The van der Waals surface area contributed by atoms with Crippen LogP contribution in [0.1, 0.15) is 47.5 Å². The zero-order valence-electron chi connectivity index (χ0n) is 14.9. The molecule has 0 radical (unpaired) electrons. The molecule has 0 N–H and O–H groups in total. The predicted octanol–water partition coefficient (Wildman–Crippen LogP) is 1.51. The fraction of sp³-hybridized carbons (Fsp3) is 0.706. The molecule has 7 heteroatoms. The first kappa shape index (κ1) is 21.9. The number of Topliss-reactive ketones (excluding diaryl/α,β-unsaturated/α-hetero) is 3. The molecule has 0 saturated heterocycles. The number of hydrogen-bond acceptors (Lipinski definition) is 7. The molecule has 0 saturated carbocycles. The molecular weight excluding hydrogens is 316 g/mol. The highest BCUT2D eigenvalue weighted by atomic mass is 16.5. The van der Waals surface area contributed by atoms with Gasteiger partial charge in [-0.25, -0.2) is 0 Å². The quantitative estimate of drug-likeness (QED) is 0.414. The van der Waals surface area contributed by atoms with Gasteiger partial charge < -0.3 is 9.47 Å². The third kappa shape index (κ3) is 7.02. The van der Waals surface area contributed by atoms with Crippen molar-refractivity contribution in [1.29, 1.82) is 0 Å². The van der Waals surface area contributed by atoms with E-state index in [1.165, 1.54) is 20.8 Å². The van der Waals surface area contributed by atoms with Crippen LogP contribution in [0, 0.1) is 17.8 Å². The highest BCUT2D eigenvalue weighted by molar-refractivity contribution is 5.99. The van der Waals surface area contributed by atoms with Crippen LogP contribution in [-0.2, 0) is 33.4 Å². The van der Waals surface area contributed by atoms with Crippen LogP contribution >= 0.6 is 0 Å². The van der Waals surface area contributed by atoms with Crippen molar-refractivity contribution < 1.29 is 33.4 Å². The summed E-state index contributed by atoms with van der Waals surface area (Å²) in [7, 11) is 0. The highest BCUT2D eigenvalue weighted by Crippen LogP contribution is 2.24. The molecule has 0 aromatic heterocycles. The molecule has 0 aliphatic rings. The Balaban J connectivity index is 5.28. The maximum absolute atomic E-state index is 11.9. The zero-order valence-corrected chi connectivity index (χ0v) is 14.9. The molecule has 0 spiro atoms. The van der Waals surface area contributed by atoms with E-state index in [-0.39, 0.29) is 31.8 Å². The topological polar surface area (TPSA) is 104 Å². The van der Waals surface area contributed by atoms with Gasteiger partial charge in [0.25, 0.3) is 0 Å². The molecule has 0 aromatic carbocycles. The van der Waals surface area contributed by atoms with E-state index >= 15 is 0 Å². The average Bonchev–Trinajstić information content (AvgIpc) is 2.46. The molecule has 0 heterocycles. The van der Waals surface area contributed by atoms with Crippen molar-refractivity contribution in [3.8, 4) is 0 Å². The van der Waals surface area contributed by atoms with Gasteiger partial charge in [-0.3, -0.25) is 24.0 Å². The lowest BCUT2D eigenvalue weighted by Gasteiger charge is -2.22. The standard InChI is InChI=1S/C17H26O7/c1-6-23-16(21)14(11(4)19)8-13(10(3)18)9-15(12(5)20)17(22)24-7-2/h13-15H,6-9H2,1-5H3. The molecule has 2 atom stereocenters. The minimum Gasteiger partial charge on any atom is -0.465 e. The second-order valence-corrected chi connectivity index (χ2v) is 5.61. The van der Waals surface area contributed by atoms with Gasteiger partial charge in [-0.1, -0.05) is 0 Å². The number of carbonyl (C=O) groups excluding carboxylic acids is 5. The first-order valence-corrected chi connectivity index (χ1v) is 8.00. The molecule has 136 valence electrons. The van der Waals surface area contributed by atoms with Crippen LogP contribution in [0.25, 0.3) is 0 Å². The van der Waals surface area contributed by atoms with Gasteiger partial charge in [0.2, 0.25) is 0 Å². The molecule has 0 fully saturated rings. The first-order chi connectivity index (χ1) is 11.1. The highest BCUT2D eigenvalue weighted by Gasteiger charge is 2.35. The average molecular weight is 342 g/mol. The van der Waals surface area contributed by atoms with Gasteiger partial charge in [-0.2, -0.15) is 0 Å². The van der Waals surface area contributed by atoms with Crippen molar-refractivity contribution in [1.82, 2.24) is 0 Å². The van der Waals surface area contributed by atoms with Crippen LogP contribution in [0.5, 0.6) is 0 Å². The predicted molar refractivity (Wildman–Crippen MR) is 85.0 cm³/mol. The number of carbonyl (C=O) groups is 5. The van der Waals surface area contributed by atoms with Gasteiger partial charge in [-0.05, 0) is 47.5 Å². The summed E-state index contributed by atoms with van der Waals surface area (Å²) in [5, 5.41) is 0. The Morgan fingerprint density at radius 2 is 1.00 bits per heavy atom. The smallest absolute Gasteiger partial charge is 0.316 e. The van der Waals surface area contributed by atoms with Crippen LogP contribution < -0.4 is 0 Å². The first-order valence-electron chi connectivity index (χ1n) is 8.00. The zero-order chi connectivity index (χ0) is 18.9. The lowest BCUT2D eigenvalue weighted by Crippen LogP contribution is -2.33. The van der Waals surface area contributed by atoms with Crippen molar-refractivity contribution in [3.63, 3.8) is 0 Å². The third-order valence-corrected chi connectivity index (χ3v) is 3.74. The Kier molecular flexibility index (Phi) is 9.76. The minimum atomic E-state index is -1.09. The van der Waals surface area contributed by atoms with E-state index in [0.717, 1.165) is 0 Å². The summed E-state index contributed by atoms with van der Waals surface area (Å²) in [5.74, 6) is -5.52. The number of esters is 2. The maximum atomic E-state index is 11.9. The monoisotopic (exact) mass is 342 g/mol. The van der Waals surface area contributed by atoms with E-state index in [1.54, 1.807) is 13.8 Å². The molecule has 2 unspecified atom stereocenters. The summed E-state index contributed by atoms with van der Waals surface area (Å²) < 4.78 is 9.71. The summed E-state index contributed by atoms with van der Waals surface area (Å²) in [5.41, 5.74) is 0. The number of ether oxygens (including phenoxy) is 2. The van der Waals surface area contributed by atoms with E-state index in [4.69, 9.17) is 9.47 Å². The third-order valence-electron chi connectivity index (χ3n) is 3.74. The van der Waals surface area contributed by atoms with E-state index in [0.29, 0.717) is 0 Å². The van der Waals surface area contributed by atoms with Gasteiger partial charge in [-0.15, -0.1) is 0 Å². The second-order valence-electron chi connectivity index (χ2n) is 5.61. The van der Waals surface area contributed by atoms with E-state index in [2.05, 4.69) is 0 Å². The molecule has 0 aliphatic heterocycles.